The molecular formula is C7H12N2O5S2. The molecule has 1 aliphatic rings. The Hall–Kier alpha value is -0.800. The second-order valence-electron chi connectivity index (χ2n) is 3.14. The van der Waals surface area contributed by atoms with E-state index < -0.39 is 33.5 Å². The number of carbonyl (C=O) groups is 2. The fourth-order valence-corrected chi connectivity index (χ4v) is 3.56. The summed E-state index contributed by atoms with van der Waals surface area (Å²) < 4.78 is 30.9. The highest BCUT2D eigenvalue weighted by molar-refractivity contribution is 8.00. The Kier molecular flexibility index (Phi) is 3.81. The van der Waals surface area contributed by atoms with Crippen LogP contribution in [0.5, 0.6) is 0 Å². The van der Waals surface area contributed by atoms with Crippen molar-refractivity contribution >= 4 is 33.9 Å². The van der Waals surface area contributed by atoms with Crippen LogP contribution >= 0.6 is 11.8 Å². The highest BCUT2D eigenvalue weighted by Gasteiger charge is 2.53. The van der Waals surface area contributed by atoms with Gasteiger partial charge in [0, 0.05) is 6.92 Å². The van der Waals surface area contributed by atoms with Gasteiger partial charge in [-0.3, -0.25) is 14.1 Å². The van der Waals surface area contributed by atoms with E-state index in [-0.39, 0.29) is 0 Å². The van der Waals surface area contributed by atoms with Crippen molar-refractivity contribution in [3.05, 3.63) is 0 Å². The third-order valence-electron chi connectivity index (χ3n) is 1.94. The Balaban J connectivity index is 2.85. The van der Waals surface area contributed by atoms with E-state index in [1.807, 2.05) is 0 Å². The van der Waals surface area contributed by atoms with Crippen molar-refractivity contribution in [1.82, 2.24) is 9.62 Å². The second kappa shape index (κ2) is 4.60. The van der Waals surface area contributed by atoms with Gasteiger partial charge in [0.2, 0.25) is 5.91 Å². The van der Waals surface area contributed by atoms with E-state index in [0.717, 1.165) is 11.8 Å². The number of hydrogen-bond donors (Lipinski definition) is 2. The van der Waals surface area contributed by atoms with Crippen molar-refractivity contribution in [2.45, 2.75) is 25.3 Å². The van der Waals surface area contributed by atoms with Gasteiger partial charge in [0.05, 0.1) is 0 Å². The molecule has 0 aliphatic carbocycles. The van der Waals surface area contributed by atoms with Gasteiger partial charge in [0.1, 0.15) is 11.4 Å². The zero-order chi connectivity index (χ0) is 12.5. The first-order valence-corrected chi connectivity index (χ1v) is 6.93. The summed E-state index contributed by atoms with van der Waals surface area (Å²) in [6.45, 7) is 3.01. The molecule has 1 rings (SSSR count). The normalized spacial score (nSPS) is 25.2. The van der Waals surface area contributed by atoms with Crippen LogP contribution in [0.4, 0.5) is 0 Å². The van der Waals surface area contributed by atoms with Gasteiger partial charge in [-0.25, -0.2) is 0 Å². The molecule has 92 valence electrons. The Morgan fingerprint density at radius 2 is 2.19 bits per heavy atom. The van der Waals surface area contributed by atoms with E-state index >= 15 is 0 Å². The molecule has 1 heterocycles. The minimum atomic E-state index is -4.54. The quantitative estimate of drug-likeness (QED) is 0.512. The first-order chi connectivity index (χ1) is 7.29. The van der Waals surface area contributed by atoms with Gasteiger partial charge in [-0.05, 0) is 5.75 Å². The summed E-state index contributed by atoms with van der Waals surface area (Å²) in [4.78, 5) is 22.2. The average molecular weight is 268 g/mol. The predicted molar refractivity (Wildman–Crippen MR) is 57.9 cm³/mol. The van der Waals surface area contributed by atoms with Crippen LogP contribution in [0, 0.1) is 0 Å². The van der Waals surface area contributed by atoms with E-state index in [4.69, 9.17) is 4.55 Å². The minimum absolute atomic E-state index is 0.377. The second-order valence-corrected chi connectivity index (χ2v) is 5.82. The molecule has 16 heavy (non-hydrogen) atoms. The highest BCUT2D eigenvalue weighted by atomic mass is 32.2. The van der Waals surface area contributed by atoms with Crippen LogP contribution in [0.1, 0.15) is 13.8 Å². The molecule has 0 spiro atoms. The lowest BCUT2D eigenvalue weighted by Gasteiger charge is -2.43. The summed E-state index contributed by atoms with van der Waals surface area (Å²) in [6.07, 6.45) is 0. The summed E-state index contributed by atoms with van der Waals surface area (Å²) in [5.74, 6) is -0.682. The molecule has 0 unspecified atom stereocenters. The van der Waals surface area contributed by atoms with Gasteiger partial charge in [-0.1, -0.05) is 6.92 Å². The Labute approximate surface area is 97.4 Å². The maximum atomic E-state index is 11.4. The first kappa shape index (κ1) is 13.3. The van der Waals surface area contributed by atoms with Crippen molar-refractivity contribution in [1.29, 1.82) is 0 Å². The molecule has 1 fully saturated rings. The predicted octanol–water partition coefficient (Wildman–Crippen LogP) is -0.785. The Bertz CT molecular complexity index is 407. The van der Waals surface area contributed by atoms with Crippen molar-refractivity contribution < 1.29 is 22.6 Å². The number of carbonyl (C=O) groups excluding carboxylic acids is 2. The van der Waals surface area contributed by atoms with Gasteiger partial charge >= 0.3 is 10.3 Å². The van der Waals surface area contributed by atoms with E-state index in [9.17, 15) is 18.0 Å². The Morgan fingerprint density at radius 1 is 1.62 bits per heavy atom. The van der Waals surface area contributed by atoms with Crippen LogP contribution in [0.3, 0.4) is 0 Å². The molecule has 0 bridgehead atoms. The van der Waals surface area contributed by atoms with Crippen molar-refractivity contribution in [3.8, 4) is 0 Å². The van der Waals surface area contributed by atoms with Crippen molar-refractivity contribution in [2.75, 3.05) is 5.75 Å². The summed E-state index contributed by atoms with van der Waals surface area (Å²) in [5.41, 5.74) is 0. The molecular weight excluding hydrogens is 256 g/mol. The molecule has 1 aliphatic heterocycles. The van der Waals surface area contributed by atoms with E-state index in [0.29, 0.717) is 10.1 Å². The third-order valence-corrected chi connectivity index (χ3v) is 4.14. The topological polar surface area (TPSA) is 104 Å². The maximum Gasteiger partial charge on any atom is 0.363 e. The molecule has 1 saturated heterocycles. The highest BCUT2D eigenvalue weighted by Crippen LogP contribution is 2.31. The number of rotatable bonds is 4. The zero-order valence-corrected chi connectivity index (χ0v) is 10.3. The number of β-lactam (4-membered cyclic amide) rings is 1. The molecule has 0 aromatic heterocycles. The Morgan fingerprint density at radius 3 is 2.56 bits per heavy atom. The van der Waals surface area contributed by atoms with Crippen LogP contribution in [-0.2, 0) is 19.9 Å². The molecule has 0 radical (unpaired) electrons. The van der Waals surface area contributed by atoms with Gasteiger partial charge in [-0.2, -0.15) is 12.7 Å². The van der Waals surface area contributed by atoms with Gasteiger partial charge in [0.25, 0.3) is 5.91 Å². The number of thioether (sulfide) groups is 1. The van der Waals surface area contributed by atoms with E-state index in [2.05, 4.69) is 5.32 Å². The summed E-state index contributed by atoms with van der Waals surface area (Å²) in [5, 5.41) is 1.57. The fourth-order valence-electron chi connectivity index (χ4n) is 1.37. The van der Waals surface area contributed by atoms with Crippen LogP contribution < -0.4 is 5.32 Å². The fraction of sp³-hybridized carbons (Fsp3) is 0.714. The third kappa shape index (κ3) is 2.47. The summed E-state index contributed by atoms with van der Waals surface area (Å²) in [7, 11) is -4.54. The van der Waals surface area contributed by atoms with Gasteiger partial charge in [0.15, 0.2) is 0 Å². The maximum absolute atomic E-state index is 11.4. The van der Waals surface area contributed by atoms with Crippen LogP contribution in [-0.4, -0.2) is 46.3 Å². The van der Waals surface area contributed by atoms with Crippen LogP contribution in [0.25, 0.3) is 0 Å². The SMILES string of the molecule is CCS[C@@H]1[C@H](NC(C)=O)C(=O)N1S(=O)(=O)O. The van der Waals surface area contributed by atoms with Crippen molar-refractivity contribution in [3.63, 3.8) is 0 Å². The molecule has 2 N–H and O–H groups in total. The van der Waals surface area contributed by atoms with E-state index in [1.165, 1.54) is 6.92 Å². The molecule has 0 aromatic carbocycles. The smallest absolute Gasteiger partial charge is 0.342 e. The molecule has 9 heteroatoms. The number of amides is 2. The minimum Gasteiger partial charge on any atom is -0.342 e. The number of nitrogens with zero attached hydrogens (tertiary/aromatic N) is 1. The first-order valence-electron chi connectivity index (χ1n) is 4.48. The molecule has 2 atom stereocenters. The molecule has 0 aromatic rings. The molecule has 2 amide bonds. The van der Waals surface area contributed by atoms with E-state index in [1.54, 1.807) is 6.92 Å². The summed E-state index contributed by atoms with van der Waals surface area (Å²) in [6, 6.07) is -0.885. The number of hydrogen-bond acceptors (Lipinski definition) is 5. The lowest BCUT2D eigenvalue weighted by atomic mass is 10.1. The van der Waals surface area contributed by atoms with Crippen LogP contribution in [0.2, 0.25) is 0 Å². The summed E-state index contributed by atoms with van der Waals surface area (Å²) >= 11 is 1.16. The lowest BCUT2D eigenvalue weighted by molar-refractivity contribution is -0.141. The van der Waals surface area contributed by atoms with Crippen molar-refractivity contribution in [2.24, 2.45) is 0 Å². The van der Waals surface area contributed by atoms with Crippen LogP contribution in [0.15, 0.2) is 0 Å². The van der Waals surface area contributed by atoms with Gasteiger partial charge in [-0.15, -0.1) is 11.8 Å². The lowest BCUT2D eigenvalue weighted by Crippen LogP contribution is -2.70. The zero-order valence-electron chi connectivity index (χ0n) is 8.71. The molecule has 7 nitrogen and oxygen atoms in total. The monoisotopic (exact) mass is 268 g/mol. The average Bonchev–Trinajstić information content (AvgIpc) is 2.11. The largest absolute Gasteiger partial charge is 0.363 e. The molecule has 0 saturated carbocycles. The standard InChI is InChI=1S/C7H12N2O5S2/c1-3-15-7-5(8-4(2)10)6(11)9(7)16(12,13)14/h5,7H,3H2,1-2H3,(H,8,10)(H,12,13,14)/t5-,7-/m1/s1. The number of nitrogens with one attached hydrogen (secondary N) is 1. The van der Waals surface area contributed by atoms with Gasteiger partial charge < -0.3 is 5.32 Å².